The maximum Gasteiger partial charge on any atom is 0.311 e. The second-order valence-electron chi connectivity index (χ2n) is 21.4. The highest BCUT2D eigenvalue weighted by Gasteiger charge is 2.30. The molecule has 0 N–H and O–H groups in total. The molecule has 16 heteroatoms. The molecular weight excluding hydrogens is 953 g/mol. The summed E-state index contributed by atoms with van der Waals surface area (Å²) in [5.74, 6) is -0.372. The van der Waals surface area contributed by atoms with Gasteiger partial charge in [0.1, 0.15) is 6.23 Å². The molecule has 0 amide bonds. The first-order valence-corrected chi connectivity index (χ1v) is 36.8. The van der Waals surface area contributed by atoms with Crippen LogP contribution in [0.15, 0.2) is 24.8 Å². The number of hydrogen-bond donors (Lipinski definition) is 0. The number of unbranched alkanes of at least 4 members (excludes halogenated alkanes) is 7. The minimum Gasteiger partial charge on any atom is -0.466 e. The van der Waals surface area contributed by atoms with Crippen LogP contribution < -0.4 is 0 Å². The van der Waals surface area contributed by atoms with E-state index in [9.17, 15) is 24.0 Å². The third-order valence-electron chi connectivity index (χ3n) is 10.0. The number of rotatable bonds is 34. The Morgan fingerprint density at radius 1 is 0.577 bits per heavy atom. The second-order valence-corrected chi connectivity index (χ2v) is 34.6. The Morgan fingerprint density at radius 2 is 1.07 bits per heavy atom. The van der Waals surface area contributed by atoms with Gasteiger partial charge in [-0.15, -0.1) is 6.58 Å². The molecule has 0 aliphatic heterocycles. The van der Waals surface area contributed by atoms with E-state index < -0.39 is 30.4 Å². The quantitative estimate of drug-likeness (QED) is 0.0150. The molecule has 0 aliphatic carbocycles. The van der Waals surface area contributed by atoms with Crippen molar-refractivity contribution in [2.45, 2.75) is 231 Å². The van der Waals surface area contributed by atoms with Gasteiger partial charge in [0, 0.05) is 32.5 Å². The van der Waals surface area contributed by atoms with Crippen molar-refractivity contribution in [2.24, 2.45) is 23.2 Å². The summed E-state index contributed by atoms with van der Waals surface area (Å²) in [6.45, 7) is 44.3. The van der Waals surface area contributed by atoms with Crippen LogP contribution in [0.1, 0.15) is 179 Å². The third-order valence-corrected chi connectivity index (χ3v) is 14.0. The number of allylic oxidation sites excluding steroid dienone is 1. The Morgan fingerprint density at radius 3 is 1.49 bits per heavy atom. The Kier molecular flexibility index (Phi) is 52.6. The van der Waals surface area contributed by atoms with E-state index in [4.69, 9.17) is 37.0 Å². The zero-order chi connectivity index (χ0) is 56.0. The number of esters is 5. The fraction of sp³-hybridized carbons (Fsp3) is 0.836. The Bertz CT molecular complexity index is 1350. The van der Waals surface area contributed by atoms with Crippen molar-refractivity contribution in [3.8, 4) is 0 Å². The Balaban J connectivity index is -0.000000257. The van der Waals surface area contributed by atoms with Gasteiger partial charge in [0.05, 0.1) is 37.1 Å². The summed E-state index contributed by atoms with van der Waals surface area (Å²) in [7, 11) is -3.07. The lowest BCUT2D eigenvalue weighted by Gasteiger charge is -2.25. The first-order chi connectivity index (χ1) is 33.0. The van der Waals surface area contributed by atoms with Crippen molar-refractivity contribution in [3.05, 3.63) is 24.8 Å². The molecule has 0 aromatic heterocycles. The fourth-order valence-corrected chi connectivity index (χ4v) is 6.49. The monoisotopic (exact) mass is 1060 g/mol. The molecule has 0 spiro atoms. The lowest BCUT2D eigenvalue weighted by Crippen LogP contribution is -2.36. The molecule has 1 unspecified atom stereocenters. The number of carbonyl (C=O) groups is 5. The molecule has 71 heavy (non-hydrogen) atoms. The molecule has 0 fully saturated rings. The van der Waals surface area contributed by atoms with Crippen molar-refractivity contribution >= 4 is 54.8 Å². The molecular formula is C55H112O13Si3. The molecule has 422 valence electrons. The highest BCUT2D eigenvalue weighted by Crippen LogP contribution is 2.23. The van der Waals surface area contributed by atoms with Crippen molar-refractivity contribution in [1.29, 1.82) is 0 Å². The molecule has 0 bridgehead atoms. The van der Waals surface area contributed by atoms with E-state index in [1.54, 1.807) is 21.0 Å². The van der Waals surface area contributed by atoms with E-state index in [2.05, 4.69) is 92.6 Å². The minimum absolute atomic E-state index is 0.0349. The third kappa shape index (κ3) is 61.6. The summed E-state index contributed by atoms with van der Waals surface area (Å²) in [6, 6.07) is 0. The Labute approximate surface area is 439 Å². The van der Waals surface area contributed by atoms with Crippen molar-refractivity contribution in [3.63, 3.8) is 0 Å². The summed E-state index contributed by atoms with van der Waals surface area (Å²) >= 11 is 0. The summed E-state index contributed by atoms with van der Waals surface area (Å²) < 4.78 is 41.8. The standard InChI is InChI=1S/C13H28O3Si.C13H24O2.C11H24O3Si.C10H18O2.C8H18O3Si/c1-7-8-10-15-12(14)13(2,3)9-11-16-17(4,5)6;1-3-5-7-9-11-13(14)15-12-10-8-6-4-2;1-5-6-7-8-9-11(12)14-10-15(3,4)13-2;1-5-9(6-2)7-12-10(11)8(3)4;1-7(2)8(9)10-6-11-12(3,4)5/h7-11H2,1-6H3;6,8H,3-5,7,9-12H2,1-2H3;5-10H2,1-4H3;5,8-9H,1,6-7H2,2-4H3;7H,6H2,1-5H3/b;8-6+;;;. The summed E-state index contributed by atoms with van der Waals surface area (Å²) in [5.41, 5.74) is -0.437. The normalized spacial score (nSPS) is 11.9. The maximum absolute atomic E-state index is 11.8. The van der Waals surface area contributed by atoms with Crippen LogP contribution in [-0.2, 0) is 60.9 Å². The molecule has 0 radical (unpaired) electrons. The molecule has 0 aliphatic rings. The van der Waals surface area contributed by atoms with Gasteiger partial charge in [0.15, 0.2) is 23.4 Å². The van der Waals surface area contributed by atoms with Gasteiger partial charge in [-0.2, -0.15) is 0 Å². The molecule has 0 heterocycles. The summed E-state index contributed by atoms with van der Waals surface area (Å²) in [5, 5.41) is 0. The van der Waals surface area contributed by atoms with Gasteiger partial charge in [0.2, 0.25) is 8.32 Å². The molecule has 0 aromatic rings. The average Bonchev–Trinajstić information content (AvgIpc) is 3.28. The number of carbonyl (C=O) groups excluding carboxylic acids is 5. The SMILES string of the molecule is C=CC(CC)COC(=O)C(C)C.CC(C)C(=O)OCO[Si](C)(C)C.CC/C=C/CCOC(=O)CCCCCC.CCCCCCC(=O)OC[Si](C)(C)OC.CCCCOC(=O)C(C)(C)CCO[Si](C)(C)C. The number of ether oxygens (including phenoxy) is 5. The van der Waals surface area contributed by atoms with Gasteiger partial charge in [0.25, 0.3) is 0 Å². The predicted molar refractivity (Wildman–Crippen MR) is 302 cm³/mol. The molecule has 0 saturated carbocycles. The van der Waals surface area contributed by atoms with Crippen LogP contribution in [0.2, 0.25) is 52.4 Å². The van der Waals surface area contributed by atoms with Crippen molar-refractivity contribution < 1.29 is 60.9 Å². The van der Waals surface area contributed by atoms with E-state index >= 15 is 0 Å². The summed E-state index contributed by atoms with van der Waals surface area (Å²) in [4.78, 5) is 56.3. The van der Waals surface area contributed by atoms with Gasteiger partial charge in [-0.1, -0.05) is 125 Å². The molecule has 13 nitrogen and oxygen atoms in total. The van der Waals surface area contributed by atoms with Crippen LogP contribution in [0.5, 0.6) is 0 Å². The number of hydrogen-bond acceptors (Lipinski definition) is 13. The van der Waals surface area contributed by atoms with Gasteiger partial charge in [-0.05, 0) is 111 Å². The zero-order valence-electron chi connectivity index (χ0n) is 49.5. The lowest BCUT2D eigenvalue weighted by atomic mass is 9.90. The Hall–Kier alpha value is -2.64. The van der Waals surface area contributed by atoms with E-state index in [-0.39, 0.29) is 48.5 Å². The topological polar surface area (TPSA) is 159 Å². The van der Waals surface area contributed by atoms with Crippen LogP contribution in [0.4, 0.5) is 0 Å². The molecule has 0 rings (SSSR count). The molecule has 0 saturated heterocycles. The predicted octanol–water partition coefficient (Wildman–Crippen LogP) is 14.7. The van der Waals surface area contributed by atoms with Crippen LogP contribution in [0.25, 0.3) is 0 Å². The average molecular weight is 1070 g/mol. The highest BCUT2D eigenvalue weighted by atomic mass is 28.4. The van der Waals surface area contributed by atoms with Gasteiger partial charge >= 0.3 is 29.8 Å². The minimum atomic E-state index is -1.74. The highest BCUT2D eigenvalue weighted by molar-refractivity contribution is 6.71. The molecule has 1 atom stereocenters. The van der Waals surface area contributed by atoms with Crippen LogP contribution in [0, 0.1) is 23.2 Å². The summed E-state index contributed by atoms with van der Waals surface area (Å²) in [6.07, 6.45) is 22.1. The first kappa shape index (κ1) is 77.3. The largest absolute Gasteiger partial charge is 0.466 e. The van der Waals surface area contributed by atoms with Gasteiger partial charge in [-0.3, -0.25) is 24.0 Å². The van der Waals surface area contributed by atoms with Crippen molar-refractivity contribution in [1.82, 2.24) is 0 Å². The van der Waals surface area contributed by atoms with Gasteiger partial charge in [-0.25, -0.2) is 0 Å². The molecule has 0 aromatic carbocycles. The van der Waals surface area contributed by atoms with Crippen LogP contribution in [-0.4, -0.2) is 101 Å². The van der Waals surface area contributed by atoms with E-state index in [1.165, 1.54) is 25.7 Å². The van der Waals surface area contributed by atoms with Gasteiger partial charge < -0.3 is 37.0 Å². The van der Waals surface area contributed by atoms with Crippen LogP contribution >= 0.6 is 0 Å². The first-order valence-electron chi connectivity index (χ1n) is 26.9. The van der Waals surface area contributed by atoms with Crippen molar-refractivity contribution in [2.75, 3.05) is 46.6 Å². The fourth-order valence-electron chi connectivity index (χ4n) is 4.73. The van der Waals surface area contributed by atoms with E-state index in [0.29, 0.717) is 51.4 Å². The second kappa shape index (κ2) is 48.3. The van der Waals surface area contributed by atoms with E-state index in [1.807, 2.05) is 46.9 Å². The smallest absolute Gasteiger partial charge is 0.311 e. The zero-order valence-corrected chi connectivity index (χ0v) is 52.5. The maximum atomic E-state index is 11.8. The van der Waals surface area contributed by atoms with E-state index in [0.717, 1.165) is 64.2 Å². The van der Waals surface area contributed by atoms with Crippen LogP contribution in [0.3, 0.4) is 0 Å². The lowest BCUT2D eigenvalue weighted by molar-refractivity contribution is -0.155.